The number of benzene rings is 1. The van der Waals surface area contributed by atoms with E-state index in [4.69, 9.17) is 5.73 Å². The molecule has 1 unspecified atom stereocenters. The molecular weight excluding hydrogens is 202 g/mol. The third kappa shape index (κ3) is 3.90. The minimum absolute atomic E-state index is 0.177. The van der Waals surface area contributed by atoms with Gasteiger partial charge in [-0.3, -0.25) is 0 Å². The van der Waals surface area contributed by atoms with Gasteiger partial charge in [-0.05, 0) is 31.0 Å². The molecule has 0 bridgehead atoms. The molecule has 2 amide bonds. The maximum atomic E-state index is 11.5. The lowest BCUT2D eigenvalue weighted by Gasteiger charge is -2.12. The van der Waals surface area contributed by atoms with Gasteiger partial charge in [0.15, 0.2) is 0 Å². The van der Waals surface area contributed by atoms with E-state index < -0.39 is 0 Å². The molecule has 1 aromatic rings. The molecular formula is C12H19N3O. The Hall–Kier alpha value is -1.55. The fraction of sp³-hybridized carbons (Fsp3) is 0.417. The number of carbonyl (C=O) groups is 1. The maximum absolute atomic E-state index is 11.5. The molecule has 88 valence electrons. The van der Waals surface area contributed by atoms with Crippen molar-refractivity contribution in [1.29, 1.82) is 0 Å². The van der Waals surface area contributed by atoms with Gasteiger partial charge in [-0.2, -0.15) is 0 Å². The quantitative estimate of drug-likeness (QED) is 0.728. The summed E-state index contributed by atoms with van der Waals surface area (Å²) in [6, 6.07) is 7.52. The van der Waals surface area contributed by atoms with Crippen molar-refractivity contribution < 1.29 is 4.79 Å². The monoisotopic (exact) mass is 221 g/mol. The van der Waals surface area contributed by atoms with Crippen molar-refractivity contribution in [2.75, 3.05) is 5.32 Å². The lowest BCUT2D eigenvalue weighted by Crippen LogP contribution is -2.35. The van der Waals surface area contributed by atoms with Gasteiger partial charge in [-0.1, -0.05) is 19.1 Å². The molecule has 1 rings (SSSR count). The van der Waals surface area contributed by atoms with Gasteiger partial charge >= 0.3 is 6.03 Å². The van der Waals surface area contributed by atoms with Gasteiger partial charge in [0.05, 0.1) is 0 Å². The van der Waals surface area contributed by atoms with Gasteiger partial charge in [-0.15, -0.1) is 0 Å². The molecule has 4 nitrogen and oxygen atoms in total. The molecule has 0 radical (unpaired) electrons. The number of hydrogen-bond acceptors (Lipinski definition) is 2. The third-order valence-electron chi connectivity index (χ3n) is 2.41. The van der Waals surface area contributed by atoms with Crippen LogP contribution in [0.3, 0.4) is 0 Å². The van der Waals surface area contributed by atoms with Crippen molar-refractivity contribution in [3.05, 3.63) is 29.8 Å². The van der Waals surface area contributed by atoms with Crippen LogP contribution in [0.4, 0.5) is 10.5 Å². The average molecular weight is 221 g/mol. The molecule has 0 fully saturated rings. The number of urea groups is 1. The second-order valence-electron chi connectivity index (χ2n) is 3.81. The zero-order chi connectivity index (χ0) is 12.0. The van der Waals surface area contributed by atoms with E-state index in [1.165, 1.54) is 0 Å². The van der Waals surface area contributed by atoms with E-state index in [1.54, 1.807) is 0 Å². The molecule has 1 atom stereocenters. The topological polar surface area (TPSA) is 67.2 Å². The van der Waals surface area contributed by atoms with Gasteiger partial charge in [0, 0.05) is 18.3 Å². The van der Waals surface area contributed by atoms with Crippen LogP contribution in [0, 0.1) is 0 Å². The number of carbonyl (C=O) groups excluding carboxylic acids is 1. The second kappa shape index (κ2) is 6.12. The Labute approximate surface area is 96.2 Å². The van der Waals surface area contributed by atoms with Crippen molar-refractivity contribution in [3.8, 4) is 0 Å². The van der Waals surface area contributed by atoms with Crippen molar-refractivity contribution in [1.82, 2.24) is 5.32 Å². The van der Waals surface area contributed by atoms with Gasteiger partial charge in [0.2, 0.25) is 0 Å². The Kier molecular flexibility index (Phi) is 4.79. The van der Waals surface area contributed by atoms with Gasteiger partial charge in [0.1, 0.15) is 0 Å². The van der Waals surface area contributed by atoms with Crippen LogP contribution >= 0.6 is 0 Å². The summed E-state index contributed by atoms with van der Waals surface area (Å²) in [5.41, 5.74) is 7.29. The van der Waals surface area contributed by atoms with E-state index in [0.29, 0.717) is 6.54 Å². The minimum atomic E-state index is -0.177. The molecule has 0 spiro atoms. The number of rotatable bonds is 4. The van der Waals surface area contributed by atoms with E-state index in [2.05, 4.69) is 10.6 Å². The summed E-state index contributed by atoms with van der Waals surface area (Å²) < 4.78 is 0. The van der Waals surface area contributed by atoms with Gasteiger partial charge < -0.3 is 16.4 Å². The van der Waals surface area contributed by atoms with Crippen molar-refractivity contribution in [3.63, 3.8) is 0 Å². The molecule has 0 aliphatic rings. The highest BCUT2D eigenvalue weighted by molar-refractivity contribution is 5.89. The Morgan fingerprint density at radius 2 is 2.25 bits per heavy atom. The SMILES string of the molecule is CCC(C)NC(=O)Nc1cccc(CN)c1. The molecule has 4 heteroatoms. The average Bonchev–Trinajstić information content (AvgIpc) is 2.28. The fourth-order valence-electron chi connectivity index (χ4n) is 1.27. The van der Waals surface area contributed by atoms with Crippen LogP contribution in [0.25, 0.3) is 0 Å². The zero-order valence-electron chi connectivity index (χ0n) is 9.79. The van der Waals surface area contributed by atoms with Crippen molar-refractivity contribution in [2.45, 2.75) is 32.9 Å². The molecule has 0 aromatic heterocycles. The highest BCUT2D eigenvalue weighted by atomic mass is 16.2. The standard InChI is InChI=1S/C12H19N3O/c1-3-9(2)14-12(16)15-11-6-4-5-10(7-11)8-13/h4-7,9H,3,8,13H2,1-2H3,(H2,14,15,16). The largest absolute Gasteiger partial charge is 0.335 e. The summed E-state index contributed by atoms with van der Waals surface area (Å²) in [5.74, 6) is 0. The summed E-state index contributed by atoms with van der Waals surface area (Å²) in [6.07, 6.45) is 0.913. The predicted octanol–water partition coefficient (Wildman–Crippen LogP) is 2.07. The van der Waals surface area contributed by atoms with Crippen LogP contribution in [0.15, 0.2) is 24.3 Å². The van der Waals surface area contributed by atoms with Crippen LogP contribution in [0.2, 0.25) is 0 Å². The summed E-state index contributed by atoms with van der Waals surface area (Å²) in [4.78, 5) is 11.5. The first-order valence-electron chi connectivity index (χ1n) is 5.52. The van der Waals surface area contributed by atoms with Crippen molar-refractivity contribution in [2.24, 2.45) is 5.73 Å². The Balaban J connectivity index is 2.55. The third-order valence-corrected chi connectivity index (χ3v) is 2.41. The predicted molar refractivity (Wildman–Crippen MR) is 66.2 cm³/mol. The normalized spacial score (nSPS) is 11.9. The number of nitrogens with two attached hydrogens (primary N) is 1. The first-order chi connectivity index (χ1) is 7.65. The number of nitrogens with one attached hydrogen (secondary N) is 2. The first kappa shape index (κ1) is 12.5. The highest BCUT2D eigenvalue weighted by Gasteiger charge is 2.05. The fourth-order valence-corrected chi connectivity index (χ4v) is 1.27. The molecule has 0 aliphatic heterocycles. The summed E-state index contributed by atoms with van der Waals surface area (Å²) >= 11 is 0. The molecule has 0 saturated heterocycles. The Morgan fingerprint density at radius 1 is 1.50 bits per heavy atom. The molecule has 4 N–H and O–H groups in total. The van der Waals surface area contributed by atoms with Crippen LogP contribution in [-0.4, -0.2) is 12.1 Å². The van der Waals surface area contributed by atoms with E-state index in [9.17, 15) is 4.79 Å². The summed E-state index contributed by atoms with van der Waals surface area (Å²) in [5, 5.41) is 5.61. The van der Waals surface area contributed by atoms with Crippen LogP contribution in [0.1, 0.15) is 25.8 Å². The Bertz CT molecular complexity index is 352. The smallest absolute Gasteiger partial charge is 0.319 e. The second-order valence-corrected chi connectivity index (χ2v) is 3.81. The van der Waals surface area contributed by atoms with E-state index >= 15 is 0 Å². The molecule has 1 aromatic carbocycles. The zero-order valence-corrected chi connectivity index (χ0v) is 9.79. The van der Waals surface area contributed by atoms with Crippen LogP contribution < -0.4 is 16.4 Å². The molecule has 0 aliphatic carbocycles. The highest BCUT2D eigenvalue weighted by Crippen LogP contribution is 2.09. The van der Waals surface area contributed by atoms with Gasteiger partial charge in [-0.25, -0.2) is 4.79 Å². The summed E-state index contributed by atoms with van der Waals surface area (Å²) in [6.45, 7) is 4.47. The molecule has 0 saturated carbocycles. The number of hydrogen-bond donors (Lipinski definition) is 3. The van der Waals surface area contributed by atoms with Crippen molar-refractivity contribution >= 4 is 11.7 Å². The molecule has 16 heavy (non-hydrogen) atoms. The Morgan fingerprint density at radius 3 is 2.88 bits per heavy atom. The first-order valence-corrected chi connectivity index (χ1v) is 5.52. The number of amides is 2. The maximum Gasteiger partial charge on any atom is 0.319 e. The van der Waals surface area contributed by atoms with E-state index in [0.717, 1.165) is 17.7 Å². The van der Waals surface area contributed by atoms with Crippen LogP contribution in [0.5, 0.6) is 0 Å². The van der Waals surface area contributed by atoms with E-state index in [-0.39, 0.29) is 12.1 Å². The molecule has 0 heterocycles. The minimum Gasteiger partial charge on any atom is -0.335 e. The number of anilines is 1. The lowest BCUT2D eigenvalue weighted by molar-refractivity contribution is 0.249. The lowest BCUT2D eigenvalue weighted by atomic mass is 10.2. The summed E-state index contributed by atoms with van der Waals surface area (Å²) in [7, 11) is 0. The van der Waals surface area contributed by atoms with E-state index in [1.807, 2.05) is 38.1 Å². The van der Waals surface area contributed by atoms with Crippen LogP contribution in [-0.2, 0) is 6.54 Å². The van der Waals surface area contributed by atoms with Gasteiger partial charge in [0.25, 0.3) is 0 Å².